The highest BCUT2D eigenvalue weighted by molar-refractivity contribution is 5.95. The largest absolute Gasteiger partial charge is 0.393 e. The predicted molar refractivity (Wildman–Crippen MR) is 76.2 cm³/mol. The molecule has 6 heteroatoms. The van der Waals surface area contributed by atoms with Gasteiger partial charge in [0.2, 0.25) is 0 Å². The average molecular weight is 283 g/mol. The zero-order valence-electron chi connectivity index (χ0n) is 12.2. The van der Waals surface area contributed by atoms with Gasteiger partial charge in [0.05, 0.1) is 11.7 Å². The molecule has 0 spiro atoms. The van der Waals surface area contributed by atoms with E-state index in [9.17, 15) is 14.3 Å². The Morgan fingerprint density at radius 2 is 2.30 bits per heavy atom. The Hall–Kier alpha value is -1.69. The first-order chi connectivity index (χ1) is 9.47. The second-order valence-electron chi connectivity index (χ2n) is 4.81. The molecule has 1 atom stereocenters. The van der Waals surface area contributed by atoms with Gasteiger partial charge in [0, 0.05) is 26.3 Å². The highest BCUT2D eigenvalue weighted by atomic mass is 19.1. The lowest BCUT2D eigenvalue weighted by molar-refractivity contribution is 0.0764. The quantitative estimate of drug-likeness (QED) is 0.802. The first-order valence-corrected chi connectivity index (χ1v) is 6.79. The molecular formula is C14H22FN3O2. The molecule has 2 N–H and O–H groups in total. The summed E-state index contributed by atoms with van der Waals surface area (Å²) in [6.45, 7) is 4.58. The van der Waals surface area contributed by atoms with Crippen molar-refractivity contribution in [2.75, 3.05) is 25.5 Å². The number of anilines is 1. The third kappa shape index (κ3) is 4.45. The summed E-state index contributed by atoms with van der Waals surface area (Å²) in [5.74, 6) is -0.943. The maximum Gasteiger partial charge on any atom is 0.256 e. The van der Waals surface area contributed by atoms with Crippen molar-refractivity contribution in [2.45, 2.75) is 32.8 Å². The summed E-state index contributed by atoms with van der Waals surface area (Å²) in [7, 11) is 1.59. The Morgan fingerprint density at radius 1 is 1.60 bits per heavy atom. The van der Waals surface area contributed by atoms with Crippen LogP contribution in [0.4, 0.5) is 10.2 Å². The lowest BCUT2D eigenvalue weighted by atomic mass is 10.2. The highest BCUT2D eigenvalue weighted by Gasteiger charge is 2.19. The third-order valence-electron chi connectivity index (χ3n) is 2.89. The van der Waals surface area contributed by atoms with Gasteiger partial charge in [-0.05, 0) is 25.8 Å². The number of pyridine rings is 1. The minimum Gasteiger partial charge on any atom is -0.393 e. The van der Waals surface area contributed by atoms with Gasteiger partial charge in [0.15, 0.2) is 11.6 Å². The van der Waals surface area contributed by atoms with E-state index in [0.29, 0.717) is 19.5 Å². The van der Waals surface area contributed by atoms with Crippen LogP contribution < -0.4 is 5.32 Å². The molecule has 0 bridgehead atoms. The van der Waals surface area contributed by atoms with Crippen LogP contribution in [0.3, 0.4) is 0 Å². The summed E-state index contributed by atoms with van der Waals surface area (Å²) in [6.07, 6.45) is 2.22. The monoisotopic (exact) mass is 283 g/mol. The molecule has 0 aliphatic carbocycles. The van der Waals surface area contributed by atoms with Crippen LogP contribution in [0.15, 0.2) is 12.3 Å². The van der Waals surface area contributed by atoms with Crippen molar-refractivity contribution >= 4 is 11.7 Å². The van der Waals surface area contributed by atoms with Crippen LogP contribution in [-0.2, 0) is 0 Å². The van der Waals surface area contributed by atoms with E-state index in [1.807, 2.05) is 6.92 Å². The van der Waals surface area contributed by atoms with Crippen LogP contribution >= 0.6 is 0 Å². The molecule has 0 aliphatic rings. The Kier molecular flexibility index (Phi) is 6.38. The molecule has 5 nitrogen and oxygen atoms in total. The summed E-state index contributed by atoms with van der Waals surface area (Å²) >= 11 is 0. The van der Waals surface area contributed by atoms with Gasteiger partial charge in [-0.3, -0.25) is 4.79 Å². The molecule has 1 rings (SSSR count). The van der Waals surface area contributed by atoms with Gasteiger partial charge in [-0.1, -0.05) is 6.92 Å². The molecule has 1 amide bonds. The Bertz CT molecular complexity index is 452. The van der Waals surface area contributed by atoms with E-state index in [4.69, 9.17) is 0 Å². The number of aromatic nitrogens is 1. The molecule has 0 aliphatic heterocycles. The van der Waals surface area contributed by atoms with Crippen molar-refractivity contribution in [3.05, 3.63) is 23.6 Å². The summed E-state index contributed by atoms with van der Waals surface area (Å²) in [5.41, 5.74) is -0.00769. The second kappa shape index (κ2) is 7.79. The number of halogens is 1. The number of aliphatic hydroxyl groups excluding tert-OH is 1. The van der Waals surface area contributed by atoms with Gasteiger partial charge < -0.3 is 15.3 Å². The van der Waals surface area contributed by atoms with Crippen molar-refractivity contribution in [1.82, 2.24) is 9.88 Å². The predicted octanol–water partition coefficient (Wildman–Crippen LogP) is 1.89. The van der Waals surface area contributed by atoms with Crippen molar-refractivity contribution in [1.29, 1.82) is 0 Å². The van der Waals surface area contributed by atoms with Crippen LogP contribution in [0.1, 0.15) is 37.0 Å². The molecule has 1 aromatic heterocycles. The Labute approximate surface area is 118 Å². The summed E-state index contributed by atoms with van der Waals surface area (Å²) in [4.78, 5) is 17.4. The molecule has 0 saturated heterocycles. The molecule has 0 fully saturated rings. The molecule has 0 saturated carbocycles. The molecule has 1 unspecified atom stereocenters. The second-order valence-corrected chi connectivity index (χ2v) is 4.81. The molecule has 1 heterocycles. The van der Waals surface area contributed by atoms with Gasteiger partial charge in [-0.15, -0.1) is 0 Å². The van der Waals surface area contributed by atoms with Gasteiger partial charge in [0.1, 0.15) is 0 Å². The summed E-state index contributed by atoms with van der Waals surface area (Å²) in [5, 5.41) is 12.1. The minimum atomic E-state index is -0.630. The standard InChI is InChI=1S/C14H22FN3O2/c1-4-7-16-13-12(15)11(5-8-17-13)14(20)18(3)9-6-10(2)19/h5,8,10,19H,4,6-7,9H2,1-3H3,(H,16,17). The number of nitrogens with zero attached hydrogens (tertiary/aromatic N) is 2. The van der Waals surface area contributed by atoms with Gasteiger partial charge in [-0.25, -0.2) is 9.37 Å². The molecule has 0 aromatic carbocycles. The molecular weight excluding hydrogens is 261 g/mol. The number of amides is 1. The average Bonchev–Trinajstić information content (AvgIpc) is 2.43. The first kappa shape index (κ1) is 16.4. The van der Waals surface area contributed by atoms with Crippen molar-refractivity contribution < 1.29 is 14.3 Å². The van der Waals surface area contributed by atoms with Crippen LogP contribution in [0.2, 0.25) is 0 Å². The Balaban J connectivity index is 2.82. The van der Waals surface area contributed by atoms with E-state index in [1.54, 1.807) is 14.0 Å². The number of carbonyl (C=O) groups excluding carboxylic acids is 1. The number of carbonyl (C=O) groups is 1. The van der Waals surface area contributed by atoms with E-state index >= 15 is 0 Å². The fraction of sp³-hybridized carbons (Fsp3) is 0.571. The lowest BCUT2D eigenvalue weighted by Gasteiger charge is -2.19. The van der Waals surface area contributed by atoms with Gasteiger partial charge in [0.25, 0.3) is 5.91 Å². The van der Waals surface area contributed by atoms with Gasteiger partial charge in [-0.2, -0.15) is 0 Å². The van der Waals surface area contributed by atoms with Crippen LogP contribution in [-0.4, -0.2) is 47.1 Å². The summed E-state index contributed by atoms with van der Waals surface area (Å²) < 4.78 is 14.2. The maximum atomic E-state index is 14.2. The number of aliphatic hydroxyl groups is 1. The number of rotatable bonds is 7. The van der Waals surface area contributed by atoms with E-state index in [-0.39, 0.29) is 11.4 Å². The first-order valence-electron chi connectivity index (χ1n) is 6.79. The minimum absolute atomic E-state index is 0.00769. The van der Waals surface area contributed by atoms with Crippen LogP contribution in [0, 0.1) is 5.82 Å². The fourth-order valence-corrected chi connectivity index (χ4v) is 1.66. The smallest absolute Gasteiger partial charge is 0.256 e. The zero-order valence-corrected chi connectivity index (χ0v) is 12.2. The number of hydrogen-bond donors (Lipinski definition) is 2. The van der Waals surface area contributed by atoms with Crippen LogP contribution in [0.25, 0.3) is 0 Å². The normalized spacial score (nSPS) is 12.1. The van der Waals surface area contributed by atoms with Crippen LogP contribution in [0.5, 0.6) is 0 Å². The molecule has 112 valence electrons. The zero-order chi connectivity index (χ0) is 15.1. The van der Waals surface area contributed by atoms with E-state index in [2.05, 4.69) is 10.3 Å². The SMILES string of the molecule is CCCNc1nccc(C(=O)N(C)CCC(C)O)c1F. The number of hydrogen-bond acceptors (Lipinski definition) is 4. The molecule has 0 radical (unpaired) electrons. The fourth-order valence-electron chi connectivity index (χ4n) is 1.66. The summed E-state index contributed by atoms with van der Waals surface area (Å²) in [6, 6.07) is 1.37. The molecule has 20 heavy (non-hydrogen) atoms. The lowest BCUT2D eigenvalue weighted by Crippen LogP contribution is -2.30. The third-order valence-corrected chi connectivity index (χ3v) is 2.89. The topological polar surface area (TPSA) is 65.5 Å². The van der Waals surface area contributed by atoms with E-state index in [1.165, 1.54) is 17.2 Å². The Morgan fingerprint density at radius 3 is 2.90 bits per heavy atom. The van der Waals surface area contributed by atoms with Crippen molar-refractivity contribution in [3.63, 3.8) is 0 Å². The van der Waals surface area contributed by atoms with Crippen molar-refractivity contribution in [2.24, 2.45) is 0 Å². The maximum absolute atomic E-state index is 14.2. The highest BCUT2D eigenvalue weighted by Crippen LogP contribution is 2.16. The van der Waals surface area contributed by atoms with E-state index in [0.717, 1.165) is 6.42 Å². The molecule has 1 aromatic rings. The van der Waals surface area contributed by atoms with E-state index < -0.39 is 17.8 Å². The number of nitrogens with one attached hydrogen (secondary N) is 1. The van der Waals surface area contributed by atoms with Crippen molar-refractivity contribution in [3.8, 4) is 0 Å². The van der Waals surface area contributed by atoms with Gasteiger partial charge >= 0.3 is 0 Å².